The van der Waals surface area contributed by atoms with Crippen LogP contribution in [0.1, 0.15) is 6.42 Å². The fraction of sp³-hybridized carbons (Fsp3) is 0.176. The van der Waals surface area contributed by atoms with Crippen molar-refractivity contribution >= 4 is 44.9 Å². The summed E-state index contributed by atoms with van der Waals surface area (Å²) in [6, 6.07) is 13.6. The number of nitrogens with zero attached hydrogens (tertiary/aromatic N) is 1. The first kappa shape index (κ1) is 15.8. The molecule has 6 heteroatoms. The van der Waals surface area contributed by atoms with E-state index in [1.165, 1.54) is 0 Å². The minimum Gasteiger partial charge on any atom is -0.497 e. The van der Waals surface area contributed by atoms with E-state index >= 15 is 0 Å². The van der Waals surface area contributed by atoms with Crippen LogP contribution >= 0.6 is 23.1 Å². The van der Waals surface area contributed by atoms with Gasteiger partial charge >= 0.3 is 0 Å². The number of nitrogens with one attached hydrogen (secondary N) is 1. The standard InChI is InChI=1S/C17H16N2O2S2/c1-21-13-3-5-14(6-4-13)22-9-8-17(20)19-12-2-7-15-16(10-12)23-11-18-15/h2-7,10-11H,8-9H2,1H3,(H,19,20). The first-order valence-electron chi connectivity index (χ1n) is 7.14. The van der Waals surface area contributed by atoms with Crippen molar-refractivity contribution in [1.29, 1.82) is 0 Å². The number of hydrogen-bond acceptors (Lipinski definition) is 5. The molecule has 23 heavy (non-hydrogen) atoms. The molecule has 0 spiro atoms. The number of carbonyl (C=O) groups excluding carboxylic acids is 1. The van der Waals surface area contributed by atoms with Gasteiger partial charge in [0.15, 0.2) is 0 Å². The topological polar surface area (TPSA) is 51.2 Å². The van der Waals surface area contributed by atoms with Gasteiger partial charge in [0, 0.05) is 22.8 Å². The zero-order valence-electron chi connectivity index (χ0n) is 12.6. The van der Waals surface area contributed by atoms with Gasteiger partial charge in [0.05, 0.1) is 22.8 Å². The van der Waals surface area contributed by atoms with Gasteiger partial charge in [-0.25, -0.2) is 4.98 Å². The van der Waals surface area contributed by atoms with Crippen LogP contribution < -0.4 is 10.1 Å². The highest BCUT2D eigenvalue weighted by atomic mass is 32.2. The summed E-state index contributed by atoms with van der Waals surface area (Å²) in [4.78, 5) is 17.4. The second-order valence-corrected chi connectivity index (χ2v) is 6.91. The normalized spacial score (nSPS) is 10.7. The molecule has 0 atom stereocenters. The van der Waals surface area contributed by atoms with Crippen molar-refractivity contribution in [3.8, 4) is 5.75 Å². The molecule has 0 bridgehead atoms. The van der Waals surface area contributed by atoms with Crippen LogP contribution in [0.4, 0.5) is 5.69 Å². The lowest BCUT2D eigenvalue weighted by molar-refractivity contribution is -0.115. The second-order valence-electron chi connectivity index (χ2n) is 4.86. The molecule has 1 aromatic heterocycles. The first-order valence-corrected chi connectivity index (χ1v) is 9.01. The summed E-state index contributed by atoms with van der Waals surface area (Å²) >= 11 is 3.23. The summed E-state index contributed by atoms with van der Waals surface area (Å²) in [6.07, 6.45) is 0.470. The van der Waals surface area contributed by atoms with Crippen molar-refractivity contribution in [2.24, 2.45) is 0 Å². The maximum Gasteiger partial charge on any atom is 0.225 e. The Labute approximate surface area is 142 Å². The van der Waals surface area contributed by atoms with E-state index in [0.717, 1.165) is 32.3 Å². The van der Waals surface area contributed by atoms with Crippen molar-refractivity contribution in [1.82, 2.24) is 4.98 Å². The molecule has 4 nitrogen and oxygen atoms in total. The van der Waals surface area contributed by atoms with Crippen LogP contribution in [-0.4, -0.2) is 23.8 Å². The molecule has 0 aliphatic heterocycles. The number of benzene rings is 2. The van der Waals surface area contributed by atoms with Gasteiger partial charge in [0.2, 0.25) is 5.91 Å². The fourth-order valence-corrected chi connectivity index (χ4v) is 3.66. The smallest absolute Gasteiger partial charge is 0.225 e. The van der Waals surface area contributed by atoms with E-state index in [4.69, 9.17) is 4.74 Å². The summed E-state index contributed by atoms with van der Waals surface area (Å²) in [7, 11) is 1.65. The van der Waals surface area contributed by atoms with E-state index in [2.05, 4.69) is 10.3 Å². The lowest BCUT2D eigenvalue weighted by Crippen LogP contribution is -2.11. The number of ether oxygens (including phenoxy) is 1. The minimum absolute atomic E-state index is 0.0230. The molecule has 1 amide bonds. The molecule has 118 valence electrons. The number of amides is 1. The van der Waals surface area contributed by atoms with Crippen molar-refractivity contribution < 1.29 is 9.53 Å². The number of anilines is 1. The lowest BCUT2D eigenvalue weighted by Gasteiger charge is -2.06. The van der Waals surface area contributed by atoms with E-state index in [1.54, 1.807) is 30.2 Å². The van der Waals surface area contributed by atoms with E-state index in [9.17, 15) is 4.79 Å². The number of carbonyl (C=O) groups is 1. The molecule has 0 radical (unpaired) electrons. The third kappa shape index (κ3) is 4.24. The van der Waals surface area contributed by atoms with Gasteiger partial charge in [-0.15, -0.1) is 23.1 Å². The van der Waals surface area contributed by atoms with Gasteiger partial charge in [-0.2, -0.15) is 0 Å². The van der Waals surface area contributed by atoms with E-state index < -0.39 is 0 Å². The Kier molecular flexibility index (Phi) is 5.15. The second kappa shape index (κ2) is 7.48. The predicted molar refractivity (Wildman–Crippen MR) is 96.6 cm³/mol. The van der Waals surface area contributed by atoms with E-state index in [1.807, 2.05) is 48.0 Å². The first-order chi connectivity index (χ1) is 11.2. The minimum atomic E-state index is 0.0230. The summed E-state index contributed by atoms with van der Waals surface area (Å²) in [5, 5.41) is 2.93. The van der Waals surface area contributed by atoms with Crippen LogP contribution in [0.5, 0.6) is 5.75 Å². The molecule has 0 fully saturated rings. The van der Waals surface area contributed by atoms with E-state index in [-0.39, 0.29) is 5.91 Å². The summed E-state index contributed by atoms with van der Waals surface area (Å²) in [6.45, 7) is 0. The molecule has 2 aromatic carbocycles. The molecule has 0 saturated heterocycles. The molecular formula is C17H16N2O2S2. The monoisotopic (exact) mass is 344 g/mol. The molecule has 1 heterocycles. The Hall–Kier alpha value is -2.05. The van der Waals surface area contributed by atoms with Crippen LogP contribution in [0.25, 0.3) is 10.2 Å². The zero-order chi connectivity index (χ0) is 16.1. The third-order valence-electron chi connectivity index (χ3n) is 3.27. The fourth-order valence-electron chi connectivity index (χ4n) is 2.09. The lowest BCUT2D eigenvalue weighted by atomic mass is 10.3. The SMILES string of the molecule is COc1ccc(SCCC(=O)Nc2ccc3ncsc3c2)cc1. The third-order valence-corrected chi connectivity index (χ3v) is 5.08. The van der Waals surface area contributed by atoms with Gasteiger partial charge in [0.1, 0.15) is 5.75 Å². The van der Waals surface area contributed by atoms with Crippen LogP contribution in [-0.2, 0) is 4.79 Å². The number of hydrogen-bond donors (Lipinski definition) is 1. The Balaban J connectivity index is 1.48. The van der Waals surface area contributed by atoms with Crippen LogP contribution in [0.3, 0.4) is 0 Å². The van der Waals surface area contributed by atoms with Crippen LogP contribution in [0.15, 0.2) is 52.9 Å². The van der Waals surface area contributed by atoms with Crippen molar-refractivity contribution in [3.63, 3.8) is 0 Å². The molecule has 1 N–H and O–H groups in total. The molecule has 0 unspecified atom stereocenters. The highest BCUT2D eigenvalue weighted by Crippen LogP contribution is 2.23. The molecule has 3 aromatic rings. The summed E-state index contributed by atoms with van der Waals surface area (Å²) < 4.78 is 6.21. The number of aromatic nitrogens is 1. The number of thioether (sulfide) groups is 1. The molecule has 3 rings (SSSR count). The number of rotatable bonds is 6. The Morgan fingerprint density at radius 1 is 1.26 bits per heavy atom. The average Bonchev–Trinajstić information content (AvgIpc) is 3.03. The largest absolute Gasteiger partial charge is 0.497 e. The summed E-state index contributed by atoms with van der Waals surface area (Å²) in [5.41, 5.74) is 3.59. The molecule has 0 aliphatic rings. The predicted octanol–water partition coefficient (Wildman–Crippen LogP) is 4.43. The Bertz CT molecular complexity index is 800. The van der Waals surface area contributed by atoms with Crippen LogP contribution in [0, 0.1) is 0 Å². The maximum absolute atomic E-state index is 12.0. The number of methoxy groups -OCH3 is 1. The van der Waals surface area contributed by atoms with E-state index in [0.29, 0.717) is 6.42 Å². The van der Waals surface area contributed by atoms with Crippen molar-refractivity contribution in [2.75, 3.05) is 18.2 Å². The van der Waals surface area contributed by atoms with Crippen molar-refractivity contribution in [2.45, 2.75) is 11.3 Å². The van der Waals surface area contributed by atoms with Gasteiger partial charge in [-0.3, -0.25) is 4.79 Å². The highest BCUT2D eigenvalue weighted by molar-refractivity contribution is 7.99. The average molecular weight is 344 g/mol. The Morgan fingerprint density at radius 3 is 2.87 bits per heavy atom. The van der Waals surface area contributed by atoms with Gasteiger partial charge in [-0.1, -0.05) is 0 Å². The van der Waals surface area contributed by atoms with Crippen LogP contribution in [0.2, 0.25) is 0 Å². The Morgan fingerprint density at radius 2 is 2.09 bits per heavy atom. The number of thiazole rings is 1. The van der Waals surface area contributed by atoms with Gasteiger partial charge in [0.25, 0.3) is 0 Å². The molecular weight excluding hydrogens is 328 g/mol. The quantitative estimate of drug-likeness (QED) is 0.672. The summed E-state index contributed by atoms with van der Waals surface area (Å²) in [5.74, 6) is 1.60. The molecule has 0 aliphatic carbocycles. The number of fused-ring (bicyclic) bond motifs is 1. The highest BCUT2D eigenvalue weighted by Gasteiger charge is 2.05. The van der Waals surface area contributed by atoms with Gasteiger partial charge < -0.3 is 10.1 Å². The van der Waals surface area contributed by atoms with Crippen molar-refractivity contribution in [3.05, 3.63) is 48.0 Å². The molecule has 0 saturated carbocycles. The maximum atomic E-state index is 12.0. The zero-order valence-corrected chi connectivity index (χ0v) is 14.2. The van der Waals surface area contributed by atoms with Gasteiger partial charge in [-0.05, 0) is 42.5 Å².